The summed E-state index contributed by atoms with van der Waals surface area (Å²) in [5.41, 5.74) is 1.03. The number of Topliss-reactive ketones (excluding diaryl/α,β-unsaturated/α-hetero) is 1. The Labute approximate surface area is 155 Å². The smallest absolute Gasteiger partial charge is 0.231 e. The number of ketones is 1. The Morgan fingerprint density at radius 2 is 2.04 bits per heavy atom. The van der Waals surface area contributed by atoms with E-state index in [1.54, 1.807) is 30.3 Å². The molecule has 0 aliphatic carbocycles. The minimum atomic E-state index is -3.32. The van der Waals surface area contributed by atoms with Crippen LogP contribution < -0.4 is 9.62 Å². The summed E-state index contributed by atoms with van der Waals surface area (Å²) < 4.78 is 24.9. The summed E-state index contributed by atoms with van der Waals surface area (Å²) >= 11 is 2.69. The first-order valence-electron chi connectivity index (χ1n) is 7.19. The summed E-state index contributed by atoms with van der Waals surface area (Å²) in [5.74, 6) is 0.173. The minimum Gasteiger partial charge on any atom is -0.357 e. The van der Waals surface area contributed by atoms with Crippen molar-refractivity contribution in [1.29, 1.82) is 0 Å². The summed E-state index contributed by atoms with van der Waals surface area (Å²) in [4.78, 5) is 12.2. The lowest BCUT2D eigenvalue weighted by molar-refractivity contribution is 0.102. The van der Waals surface area contributed by atoms with Crippen molar-refractivity contribution >= 4 is 49.7 Å². The Balaban J connectivity index is 1.94. The third kappa shape index (κ3) is 5.55. The van der Waals surface area contributed by atoms with Crippen molar-refractivity contribution in [3.63, 3.8) is 0 Å². The molecular formula is C15H18N4O3S3. The Kier molecular flexibility index (Phi) is 6.57. The van der Waals surface area contributed by atoms with Gasteiger partial charge in [-0.2, -0.15) is 0 Å². The molecule has 2 aromatic rings. The maximum atomic E-state index is 12.2. The summed E-state index contributed by atoms with van der Waals surface area (Å²) in [6, 6.07) is 6.47. The number of benzene rings is 1. The normalized spacial score (nSPS) is 11.1. The molecule has 0 aliphatic rings. The molecule has 7 nitrogen and oxygen atoms in total. The van der Waals surface area contributed by atoms with Crippen LogP contribution in [0.25, 0.3) is 0 Å². The quantitative estimate of drug-likeness (QED) is 0.394. The van der Waals surface area contributed by atoms with E-state index in [4.69, 9.17) is 0 Å². The number of hydrogen-bond acceptors (Lipinski definition) is 8. The third-order valence-corrected chi connectivity index (χ3v) is 6.40. The number of nitrogens with zero attached hydrogens (tertiary/aromatic N) is 3. The average Bonchev–Trinajstić information content (AvgIpc) is 3.04. The van der Waals surface area contributed by atoms with Gasteiger partial charge in [-0.25, -0.2) is 8.42 Å². The van der Waals surface area contributed by atoms with Crippen molar-refractivity contribution in [2.75, 3.05) is 35.2 Å². The van der Waals surface area contributed by atoms with E-state index in [9.17, 15) is 13.2 Å². The molecule has 0 saturated carbocycles. The molecule has 0 unspecified atom stereocenters. The predicted molar refractivity (Wildman–Crippen MR) is 103 cm³/mol. The minimum absolute atomic E-state index is 0.0608. The van der Waals surface area contributed by atoms with Crippen molar-refractivity contribution in [1.82, 2.24) is 10.2 Å². The molecule has 0 fully saturated rings. The monoisotopic (exact) mass is 398 g/mol. The van der Waals surface area contributed by atoms with Crippen LogP contribution in [0.5, 0.6) is 0 Å². The number of thioether (sulfide) groups is 1. The topological polar surface area (TPSA) is 92.3 Å². The molecule has 0 atom stereocenters. The van der Waals surface area contributed by atoms with E-state index in [1.165, 1.54) is 30.1 Å². The van der Waals surface area contributed by atoms with E-state index in [-0.39, 0.29) is 11.5 Å². The zero-order valence-electron chi connectivity index (χ0n) is 13.8. The SMILES string of the molecule is C=CCNc1nnc(SCC(=O)c2ccc(N(C)S(C)(=O)=O)cc2)s1. The number of carbonyl (C=O) groups is 1. The zero-order valence-corrected chi connectivity index (χ0v) is 16.2. The standard InChI is InChI=1S/C15H18N4O3S3/c1-4-9-16-14-17-18-15(24-14)23-10-13(20)11-5-7-12(8-6-11)19(2)25(3,21)22/h4-8H,1,9-10H2,2-3H3,(H,16,17). The van der Waals surface area contributed by atoms with Crippen molar-refractivity contribution < 1.29 is 13.2 Å². The molecule has 0 bridgehead atoms. The number of hydrogen-bond donors (Lipinski definition) is 1. The molecule has 0 saturated heterocycles. The maximum Gasteiger partial charge on any atom is 0.231 e. The van der Waals surface area contributed by atoms with Crippen LogP contribution >= 0.6 is 23.1 Å². The molecule has 0 aliphatic heterocycles. The molecular weight excluding hydrogens is 380 g/mol. The van der Waals surface area contributed by atoms with Crippen LogP contribution in [0.15, 0.2) is 41.3 Å². The summed E-state index contributed by atoms with van der Waals surface area (Å²) in [6.07, 6.45) is 2.85. The van der Waals surface area contributed by atoms with Gasteiger partial charge in [0.15, 0.2) is 10.1 Å². The first kappa shape index (κ1) is 19.4. The Morgan fingerprint density at radius 1 is 1.36 bits per heavy atom. The number of rotatable bonds is 9. The molecule has 0 amide bonds. The van der Waals surface area contributed by atoms with Gasteiger partial charge >= 0.3 is 0 Å². The lowest BCUT2D eigenvalue weighted by Gasteiger charge is -2.16. The van der Waals surface area contributed by atoms with E-state index in [0.29, 0.717) is 27.3 Å². The number of nitrogens with one attached hydrogen (secondary N) is 1. The van der Waals surface area contributed by atoms with Gasteiger partial charge in [-0.15, -0.1) is 16.8 Å². The lowest BCUT2D eigenvalue weighted by atomic mass is 10.1. The highest BCUT2D eigenvalue weighted by molar-refractivity contribution is 8.01. The lowest BCUT2D eigenvalue weighted by Crippen LogP contribution is -2.24. The molecule has 134 valence electrons. The molecule has 1 aromatic carbocycles. The van der Waals surface area contributed by atoms with Gasteiger partial charge in [-0.1, -0.05) is 29.2 Å². The molecule has 1 N–H and O–H groups in total. The van der Waals surface area contributed by atoms with Gasteiger partial charge in [-0.3, -0.25) is 9.10 Å². The number of anilines is 2. The highest BCUT2D eigenvalue weighted by Crippen LogP contribution is 2.26. The van der Waals surface area contributed by atoms with E-state index in [1.807, 2.05) is 0 Å². The predicted octanol–water partition coefficient (Wildman–Crippen LogP) is 2.51. The van der Waals surface area contributed by atoms with Gasteiger partial charge in [0.1, 0.15) is 0 Å². The van der Waals surface area contributed by atoms with Gasteiger partial charge < -0.3 is 5.32 Å². The molecule has 25 heavy (non-hydrogen) atoms. The van der Waals surface area contributed by atoms with Gasteiger partial charge in [-0.05, 0) is 24.3 Å². The first-order valence-corrected chi connectivity index (χ1v) is 10.8. The molecule has 1 aromatic heterocycles. The van der Waals surface area contributed by atoms with E-state index < -0.39 is 10.0 Å². The van der Waals surface area contributed by atoms with E-state index in [2.05, 4.69) is 22.1 Å². The maximum absolute atomic E-state index is 12.2. The van der Waals surface area contributed by atoms with Crippen LogP contribution in [-0.4, -0.2) is 50.0 Å². The fourth-order valence-electron chi connectivity index (χ4n) is 1.76. The van der Waals surface area contributed by atoms with Crippen LogP contribution in [0.2, 0.25) is 0 Å². The zero-order chi connectivity index (χ0) is 18.4. The fourth-order valence-corrected chi connectivity index (χ4v) is 3.92. The van der Waals surface area contributed by atoms with Gasteiger partial charge in [0.25, 0.3) is 0 Å². The highest BCUT2D eigenvalue weighted by Gasteiger charge is 2.14. The Bertz CT molecular complexity index is 847. The molecule has 2 rings (SSSR count). The first-order chi connectivity index (χ1) is 11.8. The second kappa shape index (κ2) is 8.45. The van der Waals surface area contributed by atoms with Gasteiger partial charge in [0.05, 0.1) is 17.7 Å². The summed E-state index contributed by atoms with van der Waals surface area (Å²) in [5, 5.41) is 11.7. The number of aromatic nitrogens is 2. The van der Waals surface area contributed by atoms with E-state index >= 15 is 0 Å². The fraction of sp³-hybridized carbons (Fsp3) is 0.267. The second-order valence-electron chi connectivity index (χ2n) is 5.03. The van der Waals surface area contributed by atoms with Gasteiger partial charge in [0, 0.05) is 19.2 Å². The molecule has 1 heterocycles. The second-order valence-corrected chi connectivity index (χ2v) is 9.25. The van der Waals surface area contributed by atoms with E-state index in [0.717, 1.165) is 10.6 Å². The highest BCUT2D eigenvalue weighted by atomic mass is 32.2. The van der Waals surface area contributed by atoms with Crippen molar-refractivity contribution in [2.45, 2.75) is 4.34 Å². The van der Waals surface area contributed by atoms with Crippen LogP contribution in [0.1, 0.15) is 10.4 Å². The van der Waals surface area contributed by atoms with Crippen molar-refractivity contribution in [3.8, 4) is 0 Å². The Hall–Kier alpha value is -1.91. The average molecular weight is 399 g/mol. The van der Waals surface area contributed by atoms with Crippen LogP contribution in [0, 0.1) is 0 Å². The van der Waals surface area contributed by atoms with Crippen molar-refractivity contribution in [3.05, 3.63) is 42.5 Å². The van der Waals surface area contributed by atoms with Crippen LogP contribution in [0.3, 0.4) is 0 Å². The van der Waals surface area contributed by atoms with Crippen LogP contribution in [-0.2, 0) is 10.0 Å². The van der Waals surface area contributed by atoms with Gasteiger partial charge in [0.2, 0.25) is 15.2 Å². The number of sulfonamides is 1. The molecule has 0 radical (unpaired) electrons. The molecule has 0 spiro atoms. The van der Waals surface area contributed by atoms with Crippen LogP contribution in [0.4, 0.5) is 10.8 Å². The third-order valence-electron chi connectivity index (χ3n) is 3.18. The molecule has 10 heteroatoms. The number of carbonyl (C=O) groups excluding carboxylic acids is 1. The summed E-state index contributed by atoms with van der Waals surface area (Å²) in [7, 11) is -1.85. The summed E-state index contributed by atoms with van der Waals surface area (Å²) in [6.45, 7) is 4.22. The van der Waals surface area contributed by atoms with Crippen molar-refractivity contribution in [2.24, 2.45) is 0 Å². The Morgan fingerprint density at radius 3 is 2.64 bits per heavy atom. The largest absolute Gasteiger partial charge is 0.357 e.